The van der Waals surface area contributed by atoms with Crippen LogP contribution >= 0.6 is 0 Å². The van der Waals surface area contributed by atoms with E-state index in [0.29, 0.717) is 18.8 Å². The van der Waals surface area contributed by atoms with Gasteiger partial charge in [-0.15, -0.1) is 0 Å². The fourth-order valence-electron chi connectivity index (χ4n) is 3.84. The summed E-state index contributed by atoms with van der Waals surface area (Å²) in [6.45, 7) is 4.16. The SMILES string of the molecule is CCC(C)(C)C1CCC2(CC1)NC(=O)N(CC(=O)NCC(F)(F)CN)C2=O. The molecule has 0 aromatic rings. The lowest BCUT2D eigenvalue weighted by atomic mass is 9.65. The summed E-state index contributed by atoms with van der Waals surface area (Å²) < 4.78 is 26.3. The Hall–Kier alpha value is -1.77. The Balaban J connectivity index is 1.96. The van der Waals surface area contributed by atoms with Gasteiger partial charge in [-0.1, -0.05) is 27.2 Å². The summed E-state index contributed by atoms with van der Waals surface area (Å²) in [5, 5.41) is 4.76. The molecule has 2 aliphatic rings. The van der Waals surface area contributed by atoms with E-state index in [0.717, 1.165) is 24.2 Å². The van der Waals surface area contributed by atoms with Crippen LogP contribution in [-0.2, 0) is 9.59 Å². The van der Waals surface area contributed by atoms with E-state index in [2.05, 4.69) is 26.1 Å². The van der Waals surface area contributed by atoms with Crippen LogP contribution in [0.4, 0.5) is 13.6 Å². The van der Waals surface area contributed by atoms with E-state index in [9.17, 15) is 23.2 Å². The highest BCUT2D eigenvalue weighted by molar-refractivity contribution is 6.09. The molecule has 4 N–H and O–H groups in total. The van der Waals surface area contributed by atoms with Crippen LogP contribution in [-0.4, -0.2) is 53.8 Å². The van der Waals surface area contributed by atoms with E-state index >= 15 is 0 Å². The van der Waals surface area contributed by atoms with Crippen LogP contribution in [0, 0.1) is 11.3 Å². The first-order valence-electron chi connectivity index (χ1n) is 9.45. The van der Waals surface area contributed by atoms with Gasteiger partial charge in [0.25, 0.3) is 11.8 Å². The molecule has 0 unspecified atom stereocenters. The molecule has 1 saturated heterocycles. The Labute approximate surface area is 158 Å². The maximum Gasteiger partial charge on any atom is 0.325 e. The van der Waals surface area contributed by atoms with Gasteiger partial charge in [0.05, 0.1) is 13.1 Å². The highest BCUT2D eigenvalue weighted by Gasteiger charge is 2.53. The number of amides is 4. The second-order valence-corrected chi connectivity index (χ2v) is 8.36. The first-order chi connectivity index (χ1) is 12.5. The molecule has 2 fully saturated rings. The number of halogens is 2. The van der Waals surface area contributed by atoms with Crippen molar-refractivity contribution >= 4 is 17.8 Å². The number of nitrogens with two attached hydrogens (primary N) is 1. The van der Waals surface area contributed by atoms with Crippen LogP contribution in [0.5, 0.6) is 0 Å². The molecule has 1 heterocycles. The number of nitrogens with one attached hydrogen (secondary N) is 2. The van der Waals surface area contributed by atoms with Crippen molar-refractivity contribution in [2.45, 2.75) is 64.3 Å². The Morgan fingerprint density at radius 2 is 1.93 bits per heavy atom. The average molecular weight is 388 g/mol. The number of hydrogen-bond donors (Lipinski definition) is 3. The minimum Gasteiger partial charge on any atom is -0.348 e. The van der Waals surface area contributed by atoms with Crippen molar-refractivity contribution in [2.24, 2.45) is 17.1 Å². The standard InChI is InChI=1S/C18H30F2N4O3/c1-4-16(2,3)12-5-7-17(8-6-12)14(26)24(15(27)23-17)9-13(25)22-11-18(19,20)10-21/h12H,4-11,21H2,1-3H3,(H,22,25)(H,23,27). The minimum absolute atomic E-state index is 0.168. The van der Waals surface area contributed by atoms with Gasteiger partial charge in [-0.05, 0) is 37.0 Å². The lowest BCUT2D eigenvalue weighted by Crippen LogP contribution is -2.51. The van der Waals surface area contributed by atoms with Gasteiger partial charge in [0.2, 0.25) is 5.91 Å². The normalized spacial score (nSPS) is 26.4. The molecule has 0 aromatic heterocycles. The molecule has 1 aliphatic carbocycles. The fourth-order valence-corrected chi connectivity index (χ4v) is 3.84. The maximum absolute atomic E-state index is 13.1. The number of carbonyl (C=O) groups excluding carboxylic acids is 3. The molecule has 7 nitrogen and oxygen atoms in total. The van der Waals surface area contributed by atoms with Gasteiger partial charge in [0.1, 0.15) is 12.1 Å². The van der Waals surface area contributed by atoms with Crippen molar-refractivity contribution in [1.29, 1.82) is 0 Å². The van der Waals surface area contributed by atoms with Gasteiger partial charge < -0.3 is 16.4 Å². The summed E-state index contributed by atoms with van der Waals surface area (Å²) in [4.78, 5) is 37.7. The predicted molar refractivity (Wildman–Crippen MR) is 96.0 cm³/mol. The van der Waals surface area contributed by atoms with Gasteiger partial charge in [-0.3, -0.25) is 14.5 Å². The molecule has 2 rings (SSSR count). The zero-order valence-corrected chi connectivity index (χ0v) is 16.2. The average Bonchev–Trinajstić information content (AvgIpc) is 2.84. The van der Waals surface area contributed by atoms with E-state index in [1.807, 2.05) is 5.32 Å². The molecule has 9 heteroatoms. The van der Waals surface area contributed by atoms with Crippen molar-refractivity contribution in [3.63, 3.8) is 0 Å². The lowest BCUT2D eigenvalue weighted by Gasteiger charge is -2.42. The quantitative estimate of drug-likeness (QED) is 0.576. The predicted octanol–water partition coefficient (Wildman–Crippen LogP) is 1.61. The van der Waals surface area contributed by atoms with Gasteiger partial charge in [0.15, 0.2) is 0 Å². The van der Waals surface area contributed by atoms with E-state index in [-0.39, 0.29) is 5.41 Å². The number of hydrogen-bond acceptors (Lipinski definition) is 4. The van der Waals surface area contributed by atoms with Crippen molar-refractivity contribution < 1.29 is 23.2 Å². The summed E-state index contributed by atoms with van der Waals surface area (Å²) in [6, 6.07) is -0.645. The highest BCUT2D eigenvalue weighted by atomic mass is 19.3. The van der Waals surface area contributed by atoms with Gasteiger partial charge in [-0.25, -0.2) is 13.6 Å². The summed E-state index contributed by atoms with van der Waals surface area (Å²) in [7, 11) is 0. The third-order valence-corrected chi connectivity index (χ3v) is 6.25. The van der Waals surface area contributed by atoms with E-state index in [1.54, 1.807) is 0 Å². The Bertz CT molecular complexity index is 601. The van der Waals surface area contributed by atoms with Gasteiger partial charge in [-0.2, -0.15) is 0 Å². The third kappa shape index (κ3) is 4.56. The summed E-state index contributed by atoms with van der Waals surface area (Å²) in [5.74, 6) is -4.02. The van der Waals surface area contributed by atoms with Crippen LogP contribution < -0.4 is 16.4 Å². The molecule has 1 aliphatic heterocycles. The van der Waals surface area contributed by atoms with Crippen LogP contribution in [0.15, 0.2) is 0 Å². The molecule has 154 valence electrons. The Morgan fingerprint density at radius 1 is 1.33 bits per heavy atom. The number of imide groups is 1. The molecular weight excluding hydrogens is 358 g/mol. The minimum atomic E-state index is -3.22. The molecule has 4 amide bonds. The third-order valence-electron chi connectivity index (χ3n) is 6.25. The van der Waals surface area contributed by atoms with Crippen LogP contribution in [0.3, 0.4) is 0 Å². The topological polar surface area (TPSA) is 105 Å². The second-order valence-electron chi connectivity index (χ2n) is 8.36. The zero-order valence-electron chi connectivity index (χ0n) is 16.2. The fraction of sp³-hybridized carbons (Fsp3) is 0.833. The second kappa shape index (κ2) is 7.69. The molecule has 1 saturated carbocycles. The smallest absolute Gasteiger partial charge is 0.325 e. The number of alkyl halides is 2. The van der Waals surface area contributed by atoms with E-state index in [4.69, 9.17) is 5.73 Å². The van der Waals surface area contributed by atoms with E-state index < -0.39 is 48.9 Å². The maximum atomic E-state index is 13.1. The zero-order chi connectivity index (χ0) is 20.5. The van der Waals surface area contributed by atoms with Crippen LogP contribution in [0.2, 0.25) is 0 Å². The Kier molecular flexibility index (Phi) is 6.13. The first-order valence-corrected chi connectivity index (χ1v) is 9.45. The van der Waals surface area contributed by atoms with Crippen molar-refractivity contribution in [3.8, 4) is 0 Å². The molecule has 0 radical (unpaired) electrons. The molecule has 0 atom stereocenters. The number of urea groups is 1. The Morgan fingerprint density at radius 3 is 2.44 bits per heavy atom. The molecule has 27 heavy (non-hydrogen) atoms. The number of nitrogens with zero attached hydrogens (tertiary/aromatic N) is 1. The van der Waals surface area contributed by atoms with Crippen LogP contribution in [0.1, 0.15) is 52.9 Å². The summed E-state index contributed by atoms with van der Waals surface area (Å²) in [6.07, 6.45) is 3.71. The number of rotatable bonds is 7. The van der Waals surface area contributed by atoms with Gasteiger partial charge in [0, 0.05) is 0 Å². The monoisotopic (exact) mass is 388 g/mol. The first kappa shape index (κ1) is 21.5. The lowest BCUT2D eigenvalue weighted by molar-refractivity contribution is -0.136. The van der Waals surface area contributed by atoms with Gasteiger partial charge >= 0.3 is 6.03 Å². The van der Waals surface area contributed by atoms with E-state index in [1.165, 1.54) is 0 Å². The highest BCUT2D eigenvalue weighted by Crippen LogP contribution is 2.45. The van der Waals surface area contributed by atoms with Crippen molar-refractivity contribution in [1.82, 2.24) is 15.5 Å². The van der Waals surface area contributed by atoms with Crippen LogP contribution in [0.25, 0.3) is 0 Å². The number of carbonyl (C=O) groups is 3. The molecule has 1 spiro atoms. The summed E-state index contributed by atoms with van der Waals surface area (Å²) in [5.41, 5.74) is 4.11. The molecular formula is C18H30F2N4O3. The molecule has 0 aromatic carbocycles. The largest absolute Gasteiger partial charge is 0.348 e. The summed E-state index contributed by atoms with van der Waals surface area (Å²) >= 11 is 0. The van der Waals surface area contributed by atoms with Crippen molar-refractivity contribution in [2.75, 3.05) is 19.6 Å². The van der Waals surface area contributed by atoms with Crippen molar-refractivity contribution in [3.05, 3.63) is 0 Å². The molecule has 0 bridgehead atoms.